The molecule has 0 amide bonds. The fraction of sp³-hybridized carbons (Fsp3) is 0.281. The van der Waals surface area contributed by atoms with E-state index in [1.165, 1.54) is 12.1 Å². The third kappa shape index (κ3) is 5.33. The maximum Gasteiger partial charge on any atom is 0.344 e. The van der Waals surface area contributed by atoms with Crippen LogP contribution in [-0.2, 0) is 11.3 Å². The molecule has 1 saturated heterocycles. The van der Waals surface area contributed by atoms with E-state index in [0.29, 0.717) is 41.2 Å². The summed E-state index contributed by atoms with van der Waals surface area (Å²) in [7, 11) is 0. The van der Waals surface area contributed by atoms with Gasteiger partial charge in [0.15, 0.2) is 0 Å². The summed E-state index contributed by atoms with van der Waals surface area (Å²) >= 11 is 0. The summed E-state index contributed by atoms with van der Waals surface area (Å²) in [5.41, 5.74) is 2.88. The Hall–Kier alpha value is -4.70. The number of nitrogens with zero attached hydrogens (tertiary/aromatic N) is 2. The standard InChI is InChI=1S/C32H31FN4O5/c1-19-5-4-6-20(29(19)35-26-8-3-2-7-22(26)31(39)40)18-42-32(41)24-17-37(21-9-10-21)27-16-28(36-13-11-34-12-14-36)25(33)15-23(27)30(24)38/h2-8,15-17,21,34-35H,9-14,18H2,1H3,(H,39,40). The fourth-order valence-electron chi connectivity index (χ4n) is 5.47. The monoisotopic (exact) mass is 570 g/mol. The van der Waals surface area contributed by atoms with E-state index in [1.54, 1.807) is 36.5 Å². The van der Waals surface area contributed by atoms with Crippen LogP contribution in [0, 0.1) is 12.7 Å². The van der Waals surface area contributed by atoms with Crippen LogP contribution in [0.25, 0.3) is 10.9 Å². The Labute approximate surface area is 241 Å². The molecular formula is C32H31FN4O5. The number of carboxylic acids is 1. The summed E-state index contributed by atoms with van der Waals surface area (Å²) in [5, 5.41) is 16.2. The van der Waals surface area contributed by atoms with E-state index in [-0.39, 0.29) is 29.2 Å². The molecule has 216 valence electrons. The molecule has 3 N–H and O–H groups in total. The second kappa shape index (κ2) is 11.3. The maximum absolute atomic E-state index is 15.3. The van der Waals surface area contributed by atoms with Gasteiger partial charge in [-0.25, -0.2) is 14.0 Å². The van der Waals surface area contributed by atoms with Crippen LogP contribution < -0.4 is 21.0 Å². The number of benzene rings is 3. The van der Waals surface area contributed by atoms with Crippen LogP contribution in [0.3, 0.4) is 0 Å². The number of rotatable bonds is 8. The smallest absolute Gasteiger partial charge is 0.344 e. The SMILES string of the molecule is Cc1cccc(COC(=O)c2cn(C3CC3)c3cc(N4CCNCC4)c(F)cc3c2=O)c1Nc1ccccc1C(=O)O. The van der Waals surface area contributed by atoms with Gasteiger partial charge in [-0.1, -0.05) is 30.3 Å². The summed E-state index contributed by atoms with van der Waals surface area (Å²) in [6.07, 6.45) is 3.36. The van der Waals surface area contributed by atoms with Gasteiger partial charge in [-0.3, -0.25) is 4.79 Å². The number of halogens is 1. The zero-order chi connectivity index (χ0) is 29.4. The van der Waals surface area contributed by atoms with Gasteiger partial charge < -0.3 is 29.9 Å². The average molecular weight is 571 g/mol. The first-order chi connectivity index (χ1) is 20.3. The first-order valence-electron chi connectivity index (χ1n) is 14.0. The number of hydrogen-bond donors (Lipinski definition) is 3. The number of hydrogen-bond acceptors (Lipinski definition) is 7. The zero-order valence-electron chi connectivity index (χ0n) is 23.2. The van der Waals surface area contributed by atoms with E-state index in [2.05, 4.69) is 10.6 Å². The van der Waals surface area contributed by atoms with Gasteiger partial charge in [-0.2, -0.15) is 0 Å². The molecule has 2 heterocycles. The van der Waals surface area contributed by atoms with Crippen molar-refractivity contribution >= 4 is 39.9 Å². The van der Waals surface area contributed by atoms with Crippen molar-refractivity contribution in [3.63, 3.8) is 0 Å². The number of anilines is 3. The largest absolute Gasteiger partial charge is 0.478 e. The Morgan fingerprint density at radius 3 is 2.57 bits per heavy atom. The number of piperazine rings is 1. The lowest BCUT2D eigenvalue weighted by atomic mass is 10.1. The van der Waals surface area contributed by atoms with E-state index in [1.807, 2.05) is 28.5 Å². The first kappa shape index (κ1) is 27.5. The summed E-state index contributed by atoms with van der Waals surface area (Å²) in [6.45, 7) is 4.54. The van der Waals surface area contributed by atoms with Gasteiger partial charge in [0.2, 0.25) is 5.43 Å². The number of fused-ring (bicyclic) bond motifs is 1. The van der Waals surface area contributed by atoms with Crippen molar-refractivity contribution in [3.05, 3.63) is 99.1 Å². The topological polar surface area (TPSA) is 113 Å². The van der Waals surface area contributed by atoms with Gasteiger partial charge >= 0.3 is 11.9 Å². The molecule has 0 unspecified atom stereocenters. The number of nitrogens with one attached hydrogen (secondary N) is 2. The quantitative estimate of drug-likeness (QED) is 0.254. The highest BCUT2D eigenvalue weighted by molar-refractivity contribution is 5.96. The molecule has 1 aliphatic heterocycles. The maximum atomic E-state index is 15.3. The van der Waals surface area contributed by atoms with Gasteiger partial charge in [0, 0.05) is 55.1 Å². The van der Waals surface area contributed by atoms with Gasteiger partial charge in [-0.15, -0.1) is 0 Å². The number of pyridine rings is 1. The van der Waals surface area contributed by atoms with Crippen LogP contribution in [0.4, 0.5) is 21.5 Å². The molecular weight excluding hydrogens is 539 g/mol. The lowest BCUT2D eigenvalue weighted by Gasteiger charge is -2.30. The summed E-state index contributed by atoms with van der Waals surface area (Å²) in [6, 6.07) is 15.1. The van der Waals surface area contributed by atoms with Crippen LogP contribution in [0.2, 0.25) is 0 Å². The number of aromatic nitrogens is 1. The van der Waals surface area contributed by atoms with Gasteiger partial charge in [0.05, 0.1) is 22.5 Å². The molecule has 9 nitrogen and oxygen atoms in total. The third-order valence-corrected chi connectivity index (χ3v) is 7.85. The summed E-state index contributed by atoms with van der Waals surface area (Å²) in [4.78, 5) is 40.5. The molecule has 42 heavy (non-hydrogen) atoms. The molecule has 0 bridgehead atoms. The van der Waals surface area contributed by atoms with Crippen LogP contribution >= 0.6 is 0 Å². The number of carbonyl (C=O) groups is 2. The second-order valence-corrected chi connectivity index (χ2v) is 10.7. The summed E-state index contributed by atoms with van der Waals surface area (Å²) < 4.78 is 22.8. The molecule has 4 aromatic rings. The van der Waals surface area contributed by atoms with Crippen molar-refractivity contribution in [3.8, 4) is 0 Å². The molecule has 1 saturated carbocycles. The van der Waals surface area contributed by atoms with E-state index in [0.717, 1.165) is 31.5 Å². The number of carboxylic acid groups (broad SMARTS) is 1. The number of carbonyl (C=O) groups excluding carboxylic acids is 1. The number of esters is 1. The molecule has 0 radical (unpaired) electrons. The van der Waals surface area contributed by atoms with E-state index in [9.17, 15) is 19.5 Å². The Morgan fingerprint density at radius 1 is 1.07 bits per heavy atom. The van der Waals surface area contributed by atoms with Crippen molar-refractivity contribution in [2.75, 3.05) is 36.4 Å². The number of para-hydroxylation sites is 2. The molecule has 0 spiro atoms. The van der Waals surface area contributed by atoms with Gasteiger partial charge in [0.25, 0.3) is 0 Å². The first-order valence-corrected chi connectivity index (χ1v) is 14.0. The molecule has 0 atom stereocenters. The lowest BCUT2D eigenvalue weighted by molar-refractivity contribution is 0.0471. The molecule has 1 aliphatic carbocycles. The highest BCUT2D eigenvalue weighted by Crippen LogP contribution is 2.38. The second-order valence-electron chi connectivity index (χ2n) is 10.7. The van der Waals surface area contributed by atoms with E-state index in [4.69, 9.17) is 4.74 Å². The molecule has 2 fully saturated rings. The predicted molar refractivity (Wildman–Crippen MR) is 159 cm³/mol. The predicted octanol–water partition coefficient (Wildman–Crippen LogP) is 4.99. The van der Waals surface area contributed by atoms with Gasteiger partial charge in [-0.05, 0) is 49.6 Å². The normalized spacial score (nSPS) is 15.0. The molecule has 6 rings (SSSR count). The van der Waals surface area contributed by atoms with Crippen molar-refractivity contribution in [2.45, 2.75) is 32.4 Å². The Balaban J connectivity index is 1.30. The minimum absolute atomic E-state index is 0.104. The number of ether oxygens (including phenoxy) is 1. The Morgan fingerprint density at radius 2 is 1.83 bits per heavy atom. The number of aromatic carboxylic acids is 1. The highest BCUT2D eigenvalue weighted by Gasteiger charge is 2.29. The average Bonchev–Trinajstić information content (AvgIpc) is 3.84. The van der Waals surface area contributed by atoms with Crippen LogP contribution in [0.15, 0.2) is 65.6 Å². The van der Waals surface area contributed by atoms with E-state index >= 15 is 4.39 Å². The minimum atomic E-state index is -1.07. The van der Waals surface area contributed by atoms with Crippen LogP contribution in [0.5, 0.6) is 0 Å². The van der Waals surface area contributed by atoms with E-state index < -0.39 is 23.2 Å². The summed E-state index contributed by atoms with van der Waals surface area (Å²) in [5.74, 6) is -2.37. The number of aryl methyl sites for hydroxylation is 1. The lowest BCUT2D eigenvalue weighted by Crippen LogP contribution is -2.43. The molecule has 10 heteroatoms. The molecule has 1 aromatic heterocycles. The zero-order valence-corrected chi connectivity index (χ0v) is 23.2. The third-order valence-electron chi connectivity index (χ3n) is 7.85. The molecule has 2 aliphatic rings. The van der Waals surface area contributed by atoms with Crippen molar-refractivity contribution < 1.29 is 23.8 Å². The minimum Gasteiger partial charge on any atom is -0.478 e. The van der Waals surface area contributed by atoms with Crippen molar-refractivity contribution in [1.82, 2.24) is 9.88 Å². The Bertz CT molecular complexity index is 1760. The van der Waals surface area contributed by atoms with Gasteiger partial charge in [0.1, 0.15) is 18.0 Å². The van der Waals surface area contributed by atoms with Crippen molar-refractivity contribution in [2.24, 2.45) is 0 Å². The van der Waals surface area contributed by atoms with Crippen LogP contribution in [0.1, 0.15) is 50.7 Å². The van der Waals surface area contributed by atoms with Crippen LogP contribution in [-0.4, -0.2) is 47.8 Å². The van der Waals surface area contributed by atoms with Crippen molar-refractivity contribution in [1.29, 1.82) is 0 Å². The fourth-order valence-corrected chi connectivity index (χ4v) is 5.47. The molecule has 3 aromatic carbocycles. The highest BCUT2D eigenvalue weighted by atomic mass is 19.1. The Kier molecular flexibility index (Phi) is 7.38.